The Morgan fingerprint density at radius 3 is 2.22 bits per heavy atom. The molecule has 0 radical (unpaired) electrons. The summed E-state index contributed by atoms with van der Waals surface area (Å²) in [5.74, 6) is 0.477. The molecule has 0 atom stereocenters. The first-order valence-corrected chi connectivity index (χ1v) is 5.58. The van der Waals surface area contributed by atoms with E-state index < -0.39 is 0 Å². The fraction of sp³-hybridized carbons (Fsp3) is 0.133. The maximum absolute atomic E-state index is 11.3. The first-order chi connectivity index (χ1) is 8.76. The molecule has 0 N–H and O–H groups in total. The van der Waals surface area contributed by atoms with E-state index in [1.54, 1.807) is 19.2 Å². The molecule has 0 bridgehead atoms. The van der Waals surface area contributed by atoms with E-state index in [-0.39, 0.29) is 5.97 Å². The maximum atomic E-state index is 11.3. The van der Waals surface area contributed by atoms with E-state index in [0.717, 1.165) is 16.9 Å². The number of para-hydroxylation sites is 1. The first kappa shape index (κ1) is 12.2. The minimum atomic E-state index is -0.332. The fourth-order valence-corrected chi connectivity index (χ4v) is 1.79. The lowest BCUT2D eigenvalue weighted by Gasteiger charge is -2.08. The van der Waals surface area contributed by atoms with Gasteiger partial charge in [-0.05, 0) is 23.8 Å². The predicted molar refractivity (Wildman–Crippen MR) is 69.8 cm³/mol. The second-order valence-electron chi connectivity index (χ2n) is 3.77. The summed E-state index contributed by atoms with van der Waals surface area (Å²) >= 11 is 0. The number of benzene rings is 2. The van der Waals surface area contributed by atoms with Gasteiger partial charge in [0.15, 0.2) is 0 Å². The molecule has 92 valence electrons. The normalized spacial score (nSPS) is 9.89. The van der Waals surface area contributed by atoms with Gasteiger partial charge in [-0.3, -0.25) is 0 Å². The van der Waals surface area contributed by atoms with Crippen molar-refractivity contribution in [2.75, 3.05) is 14.2 Å². The Kier molecular flexibility index (Phi) is 3.63. The molecule has 0 spiro atoms. The van der Waals surface area contributed by atoms with Gasteiger partial charge in [-0.25, -0.2) is 4.79 Å². The molecule has 18 heavy (non-hydrogen) atoms. The zero-order chi connectivity index (χ0) is 13.0. The van der Waals surface area contributed by atoms with E-state index in [0.29, 0.717) is 5.56 Å². The highest BCUT2D eigenvalue weighted by atomic mass is 16.5. The maximum Gasteiger partial charge on any atom is 0.337 e. The lowest BCUT2D eigenvalue weighted by atomic mass is 10.0. The molecule has 0 fully saturated rings. The van der Waals surface area contributed by atoms with E-state index in [9.17, 15) is 4.79 Å². The van der Waals surface area contributed by atoms with Crippen molar-refractivity contribution in [3.63, 3.8) is 0 Å². The number of carbonyl (C=O) groups is 1. The average molecular weight is 242 g/mol. The van der Waals surface area contributed by atoms with Crippen molar-refractivity contribution in [2.45, 2.75) is 0 Å². The highest BCUT2D eigenvalue weighted by molar-refractivity contribution is 5.90. The number of rotatable bonds is 3. The van der Waals surface area contributed by atoms with Crippen molar-refractivity contribution >= 4 is 5.97 Å². The third-order valence-electron chi connectivity index (χ3n) is 2.72. The fourth-order valence-electron chi connectivity index (χ4n) is 1.79. The largest absolute Gasteiger partial charge is 0.496 e. The molecule has 0 aliphatic rings. The van der Waals surface area contributed by atoms with Crippen molar-refractivity contribution in [1.29, 1.82) is 0 Å². The Hall–Kier alpha value is -2.29. The van der Waals surface area contributed by atoms with E-state index in [1.165, 1.54) is 7.11 Å². The molecule has 2 aromatic rings. The van der Waals surface area contributed by atoms with Gasteiger partial charge in [0.1, 0.15) is 5.75 Å². The van der Waals surface area contributed by atoms with Gasteiger partial charge in [0, 0.05) is 5.56 Å². The third kappa shape index (κ3) is 2.35. The van der Waals surface area contributed by atoms with Crippen molar-refractivity contribution in [1.82, 2.24) is 0 Å². The molecule has 0 unspecified atom stereocenters. The van der Waals surface area contributed by atoms with Gasteiger partial charge in [0.05, 0.1) is 19.8 Å². The molecule has 0 aliphatic heterocycles. The summed E-state index contributed by atoms with van der Waals surface area (Å²) in [4.78, 5) is 11.3. The molecule has 0 saturated carbocycles. The van der Waals surface area contributed by atoms with Crippen LogP contribution in [0.15, 0.2) is 48.5 Å². The molecule has 2 aromatic carbocycles. The SMILES string of the molecule is COC(=O)c1ccc(-c2ccccc2OC)cc1. The van der Waals surface area contributed by atoms with E-state index >= 15 is 0 Å². The monoisotopic (exact) mass is 242 g/mol. The molecule has 3 nitrogen and oxygen atoms in total. The van der Waals surface area contributed by atoms with Crippen LogP contribution in [-0.4, -0.2) is 20.2 Å². The Morgan fingerprint density at radius 2 is 1.61 bits per heavy atom. The Morgan fingerprint density at radius 1 is 0.944 bits per heavy atom. The lowest BCUT2D eigenvalue weighted by Crippen LogP contribution is -2.00. The first-order valence-electron chi connectivity index (χ1n) is 5.58. The summed E-state index contributed by atoms with van der Waals surface area (Å²) in [5.41, 5.74) is 2.53. The zero-order valence-corrected chi connectivity index (χ0v) is 10.3. The summed E-state index contributed by atoms with van der Waals surface area (Å²) in [5, 5.41) is 0. The van der Waals surface area contributed by atoms with E-state index in [4.69, 9.17) is 4.74 Å². The number of carbonyl (C=O) groups excluding carboxylic acids is 1. The van der Waals surface area contributed by atoms with Crippen molar-refractivity contribution in [3.8, 4) is 16.9 Å². The number of esters is 1. The molecular formula is C15H14O3. The molecule has 3 heteroatoms. The number of hydrogen-bond acceptors (Lipinski definition) is 3. The minimum absolute atomic E-state index is 0.332. The molecule has 0 aromatic heterocycles. The van der Waals surface area contributed by atoms with E-state index in [2.05, 4.69) is 4.74 Å². The predicted octanol–water partition coefficient (Wildman–Crippen LogP) is 3.15. The highest BCUT2D eigenvalue weighted by Gasteiger charge is 2.07. The summed E-state index contributed by atoms with van der Waals surface area (Å²) in [6.45, 7) is 0. The van der Waals surface area contributed by atoms with Gasteiger partial charge < -0.3 is 9.47 Å². The second-order valence-corrected chi connectivity index (χ2v) is 3.77. The van der Waals surface area contributed by atoms with Crippen molar-refractivity contribution < 1.29 is 14.3 Å². The van der Waals surface area contributed by atoms with Crippen LogP contribution in [0, 0.1) is 0 Å². The van der Waals surface area contributed by atoms with Crippen LogP contribution in [0.2, 0.25) is 0 Å². The van der Waals surface area contributed by atoms with Gasteiger partial charge >= 0.3 is 5.97 Å². The Balaban J connectivity index is 2.37. The Labute approximate surface area is 106 Å². The number of ether oxygens (including phenoxy) is 2. The van der Waals surface area contributed by atoms with Gasteiger partial charge in [0.25, 0.3) is 0 Å². The van der Waals surface area contributed by atoms with Crippen molar-refractivity contribution in [3.05, 3.63) is 54.1 Å². The van der Waals surface area contributed by atoms with Gasteiger partial charge in [0.2, 0.25) is 0 Å². The summed E-state index contributed by atoms with van der Waals surface area (Å²) < 4.78 is 9.97. The van der Waals surface area contributed by atoms with Crippen LogP contribution in [0.5, 0.6) is 5.75 Å². The van der Waals surface area contributed by atoms with Gasteiger partial charge in [-0.15, -0.1) is 0 Å². The van der Waals surface area contributed by atoms with Crippen LogP contribution in [-0.2, 0) is 4.74 Å². The molecule has 2 rings (SSSR count). The quantitative estimate of drug-likeness (QED) is 0.775. The Bertz CT molecular complexity index is 544. The van der Waals surface area contributed by atoms with Crippen molar-refractivity contribution in [2.24, 2.45) is 0 Å². The summed E-state index contributed by atoms with van der Waals surface area (Å²) in [6.07, 6.45) is 0. The number of methoxy groups -OCH3 is 2. The third-order valence-corrected chi connectivity index (χ3v) is 2.72. The standard InChI is InChI=1S/C15H14O3/c1-17-14-6-4-3-5-13(14)11-7-9-12(10-8-11)15(16)18-2/h3-10H,1-2H3. The van der Waals surface area contributed by atoms with Crippen LogP contribution in [0.4, 0.5) is 0 Å². The van der Waals surface area contributed by atoms with E-state index in [1.807, 2.05) is 36.4 Å². The molecule has 0 heterocycles. The smallest absolute Gasteiger partial charge is 0.337 e. The topological polar surface area (TPSA) is 35.5 Å². The van der Waals surface area contributed by atoms with Crippen LogP contribution in [0.25, 0.3) is 11.1 Å². The van der Waals surface area contributed by atoms with Crippen LogP contribution < -0.4 is 4.74 Å². The summed E-state index contributed by atoms with van der Waals surface area (Å²) in [6, 6.07) is 15.0. The number of hydrogen-bond donors (Lipinski definition) is 0. The lowest BCUT2D eigenvalue weighted by molar-refractivity contribution is 0.0601. The van der Waals surface area contributed by atoms with Crippen LogP contribution in [0.3, 0.4) is 0 Å². The summed E-state index contributed by atoms with van der Waals surface area (Å²) in [7, 11) is 3.01. The molecule has 0 aliphatic carbocycles. The molecule has 0 amide bonds. The molecular weight excluding hydrogens is 228 g/mol. The second kappa shape index (κ2) is 5.36. The minimum Gasteiger partial charge on any atom is -0.496 e. The van der Waals surface area contributed by atoms with Gasteiger partial charge in [-0.2, -0.15) is 0 Å². The van der Waals surface area contributed by atoms with Gasteiger partial charge in [-0.1, -0.05) is 30.3 Å². The zero-order valence-electron chi connectivity index (χ0n) is 10.3. The average Bonchev–Trinajstić information content (AvgIpc) is 2.46. The molecule has 0 saturated heterocycles. The van der Waals surface area contributed by atoms with Crippen LogP contribution in [0.1, 0.15) is 10.4 Å². The highest BCUT2D eigenvalue weighted by Crippen LogP contribution is 2.29. The van der Waals surface area contributed by atoms with Crippen LogP contribution >= 0.6 is 0 Å².